The summed E-state index contributed by atoms with van der Waals surface area (Å²) in [4.78, 5) is 9.85. The summed E-state index contributed by atoms with van der Waals surface area (Å²) in [6.45, 7) is 3.80. The lowest BCUT2D eigenvalue weighted by atomic mass is 10.0. The molecule has 1 saturated heterocycles. The number of nitrogens with one attached hydrogen (secondary N) is 1. The third-order valence-electron chi connectivity index (χ3n) is 4.81. The molecule has 3 aromatic rings. The van der Waals surface area contributed by atoms with Gasteiger partial charge in [-0.05, 0) is 41.0 Å². The van der Waals surface area contributed by atoms with Gasteiger partial charge in [0, 0.05) is 31.5 Å². The maximum Gasteiger partial charge on any atom is 0.433 e. The van der Waals surface area contributed by atoms with Crippen LogP contribution in [-0.4, -0.2) is 41.2 Å². The highest BCUT2D eigenvalue weighted by Crippen LogP contribution is 2.30. The van der Waals surface area contributed by atoms with Crippen molar-refractivity contribution >= 4 is 11.6 Å². The number of anilines is 2. The zero-order valence-corrected chi connectivity index (χ0v) is 16.2. The number of aromatic nitrogens is 2. The minimum absolute atomic E-state index is 0.0904. The Balaban J connectivity index is 1.65. The molecule has 0 bridgehead atoms. The zero-order chi connectivity index (χ0) is 21.0. The Hall–Kier alpha value is -2.97. The highest BCUT2D eigenvalue weighted by molar-refractivity contribution is 5.71. The third kappa shape index (κ3) is 5.14. The second-order valence-corrected chi connectivity index (χ2v) is 7.06. The molecule has 1 N–H and O–H groups in total. The van der Waals surface area contributed by atoms with E-state index in [1.807, 2.05) is 42.5 Å². The molecule has 1 aliphatic rings. The molecule has 0 atom stereocenters. The van der Waals surface area contributed by atoms with Crippen molar-refractivity contribution in [3.63, 3.8) is 0 Å². The van der Waals surface area contributed by atoms with Crippen LogP contribution in [0.3, 0.4) is 0 Å². The molecule has 0 radical (unpaired) electrons. The summed E-state index contributed by atoms with van der Waals surface area (Å²) < 4.78 is 44.4. The Labute approximate surface area is 172 Å². The summed E-state index contributed by atoms with van der Waals surface area (Å²) in [5.74, 6) is -0.0904. The van der Waals surface area contributed by atoms with E-state index in [1.165, 1.54) is 0 Å². The fourth-order valence-corrected chi connectivity index (χ4v) is 3.38. The van der Waals surface area contributed by atoms with E-state index in [9.17, 15) is 13.2 Å². The van der Waals surface area contributed by atoms with E-state index in [4.69, 9.17) is 4.74 Å². The summed E-state index contributed by atoms with van der Waals surface area (Å²) in [5, 5.41) is 2.94. The number of rotatable bonds is 5. The van der Waals surface area contributed by atoms with E-state index in [-0.39, 0.29) is 5.95 Å². The summed E-state index contributed by atoms with van der Waals surface area (Å²) in [6.07, 6.45) is -3.42. The minimum atomic E-state index is -4.52. The van der Waals surface area contributed by atoms with Crippen LogP contribution in [0.25, 0.3) is 11.1 Å². The van der Waals surface area contributed by atoms with Crippen molar-refractivity contribution in [2.75, 3.05) is 31.6 Å². The molecule has 2 heterocycles. The first-order valence-electron chi connectivity index (χ1n) is 9.64. The summed E-state index contributed by atoms with van der Waals surface area (Å²) in [5.41, 5.74) is 2.70. The summed E-state index contributed by atoms with van der Waals surface area (Å²) >= 11 is 0. The van der Waals surface area contributed by atoms with Gasteiger partial charge in [-0.15, -0.1) is 0 Å². The molecule has 1 aliphatic heterocycles. The fraction of sp³-hybridized carbons (Fsp3) is 0.273. The van der Waals surface area contributed by atoms with E-state index in [2.05, 4.69) is 26.3 Å². The second kappa shape index (κ2) is 8.81. The van der Waals surface area contributed by atoms with Crippen LogP contribution in [0.2, 0.25) is 0 Å². The Morgan fingerprint density at radius 2 is 1.73 bits per heavy atom. The van der Waals surface area contributed by atoms with Gasteiger partial charge in [-0.2, -0.15) is 13.2 Å². The third-order valence-corrected chi connectivity index (χ3v) is 4.81. The van der Waals surface area contributed by atoms with Crippen molar-refractivity contribution in [1.82, 2.24) is 14.9 Å². The van der Waals surface area contributed by atoms with Crippen LogP contribution in [0, 0.1) is 0 Å². The first-order valence-corrected chi connectivity index (χ1v) is 9.64. The van der Waals surface area contributed by atoms with Gasteiger partial charge in [-0.1, -0.05) is 30.3 Å². The van der Waals surface area contributed by atoms with Crippen LogP contribution >= 0.6 is 0 Å². The molecule has 156 valence electrons. The predicted octanol–water partition coefficient (Wildman–Crippen LogP) is 4.74. The quantitative estimate of drug-likeness (QED) is 0.654. The summed E-state index contributed by atoms with van der Waals surface area (Å²) in [6, 6.07) is 16.6. The van der Waals surface area contributed by atoms with Crippen LogP contribution in [0.5, 0.6) is 0 Å². The van der Waals surface area contributed by atoms with E-state index in [0.29, 0.717) is 18.9 Å². The lowest BCUT2D eigenvalue weighted by Crippen LogP contribution is -2.35. The average molecular weight is 414 g/mol. The van der Waals surface area contributed by atoms with E-state index in [1.54, 1.807) is 0 Å². The Morgan fingerprint density at radius 3 is 2.47 bits per heavy atom. The average Bonchev–Trinajstić information content (AvgIpc) is 2.74. The molecule has 5 nitrogen and oxygen atoms in total. The van der Waals surface area contributed by atoms with Crippen LogP contribution in [0.4, 0.5) is 24.8 Å². The van der Waals surface area contributed by atoms with Crippen molar-refractivity contribution in [3.05, 3.63) is 72.1 Å². The van der Waals surface area contributed by atoms with Crippen LogP contribution in [0.1, 0.15) is 11.3 Å². The van der Waals surface area contributed by atoms with Gasteiger partial charge in [-0.3, -0.25) is 4.90 Å². The smallest absolute Gasteiger partial charge is 0.379 e. The molecular formula is C22H21F3N4O. The minimum Gasteiger partial charge on any atom is -0.379 e. The van der Waals surface area contributed by atoms with Crippen molar-refractivity contribution in [2.45, 2.75) is 12.7 Å². The van der Waals surface area contributed by atoms with Crippen LogP contribution in [-0.2, 0) is 17.5 Å². The SMILES string of the molecule is FC(F)(F)c1ccnc(Nc2cc(CN3CCOCC3)cc(-c3ccccc3)c2)n1. The molecule has 0 spiro atoms. The van der Waals surface area contributed by atoms with Gasteiger partial charge in [0.05, 0.1) is 13.2 Å². The molecule has 0 saturated carbocycles. The molecule has 30 heavy (non-hydrogen) atoms. The van der Waals surface area contributed by atoms with Crippen LogP contribution in [0.15, 0.2) is 60.8 Å². The standard InChI is InChI=1S/C22H21F3N4O/c23-22(24,25)20-6-7-26-21(28-20)27-19-13-16(15-29-8-10-30-11-9-29)12-18(14-19)17-4-2-1-3-5-17/h1-7,12-14H,8-11,15H2,(H,26,27,28). The Morgan fingerprint density at radius 1 is 0.967 bits per heavy atom. The van der Waals surface area contributed by atoms with Gasteiger partial charge in [0.1, 0.15) is 5.69 Å². The van der Waals surface area contributed by atoms with Gasteiger partial charge in [-0.25, -0.2) is 9.97 Å². The highest BCUT2D eigenvalue weighted by Gasteiger charge is 2.32. The van der Waals surface area contributed by atoms with Gasteiger partial charge in [0.25, 0.3) is 0 Å². The topological polar surface area (TPSA) is 50.3 Å². The lowest BCUT2D eigenvalue weighted by Gasteiger charge is -2.27. The molecule has 0 aliphatic carbocycles. The van der Waals surface area contributed by atoms with E-state index < -0.39 is 11.9 Å². The van der Waals surface area contributed by atoms with Gasteiger partial charge >= 0.3 is 6.18 Å². The molecule has 4 rings (SSSR count). The Bertz CT molecular complexity index is 989. The largest absolute Gasteiger partial charge is 0.433 e. The molecule has 8 heteroatoms. The number of hydrogen-bond acceptors (Lipinski definition) is 5. The van der Waals surface area contributed by atoms with E-state index >= 15 is 0 Å². The molecule has 1 fully saturated rings. The maximum absolute atomic E-state index is 13.0. The van der Waals surface area contributed by atoms with Crippen molar-refractivity contribution < 1.29 is 17.9 Å². The van der Waals surface area contributed by atoms with Crippen molar-refractivity contribution in [3.8, 4) is 11.1 Å². The number of benzene rings is 2. The monoisotopic (exact) mass is 414 g/mol. The molecule has 0 amide bonds. The van der Waals surface area contributed by atoms with Gasteiger partial charge in [0.15, 0.2) is 0 Å². The van der Waals surface area contributed by atoms with Crippen molar-refractivity contribution in [1.29, 1.82) is 0 Å². The van der Waals surface area contributed by atoms with Crippen LogP contribution < -0.4 is 5.32 Å². The molecular weight excluding hydrogens is 393 g/mol. The first-order chi connectivity index (χ1) is 14.5. The number of nitrogens with zero attached hydrogens (tertiary/aromatic N) is 3. The first kappa shape index (κ1) is 20.3. The van der Waals surface area contributed by atoms with E-state index in [0.717, 1.165) is 48.6 Å². The fourth-order valence-electron chi connectivity index (χ4n) is 3.38. The van der Waals surface area contributed by atoms with Gasteiger partial charge < -0.3 is 10.1 Å². The predicted molar refractivity (Wildman–Crippen MR) is 108 cm³/mol. The van der Waals surface area contributed by atoms with Gasteiger partial charge in [0.2, 0.25) is 5.95 Å². The molecule has 1 aromatic heterocycles. The molecule has 2 aromatic carbocycles. The normalized spacial score (nSPS) is 15.2. The number of alkyl halides is 3. The number of morpholine rings is 1. The number of ether oxygens (including phenoxy) is 1. The second-order valence-electron chi connectivity index (χ2n) is 7.06. The zero-order valence-electron chi connectivity index (χ0n) is 16.2. The summed E-state index contributed by atoms with van der Waals surface area (Å²) in [7, 11) is 0. The van der Waals surface area contributed by atoms with Crippen molar-refractivity contribution in [2.24, 2.45) is 0 Å². The Kier molecular flexibility index (Phi) is 5.96. The highest BCUT2D eigenvalue weighted by atomic mass is 19.4. The lowest BCUT2D eigenvalue weighted by molar-refractivity contribution is -0.141. The number of halogens is 3. The maximum atomic E-state index is 13.0. The number of hydrogen-bond donors (Lipinski definition) is 1. The molecule has 0 unspecified atom stereocenters.